The number of rotatable bonds is 5. The second-order valence-corrected chi connectivity index (χ2v) is 13.5. The summed E-state index contributed by atoms with van der Waals surface area (Å²) >= 11 is 1.79. The second kappa shape index (κ2) is 11.7. The number of fused-ring (bicyclic) bond motifs is 6. The van der Waals surface area contributed by atoms with Crippen molar-refractivity contribution >= 4 is 65.0 Å². The van der Waals surface area contributed by atoms with E-state index in [-0.39, 0.29) is 0 Å². The predicted octanol–water partition coefficient (Wildman–Crippen LogP) is 10.7. The molecule has 1 aliphatic heterocycles. The molecule has 0 unspecified atom stereocenters. The van der Waals surface area contributed by atoms with Crippen LogP contribution in [0.3, 0.4) is 0 Å². The van der Waals surface area contributed by atoms with Crippen molar-refractivity contribution in [2.24, 2.45) is 9.98 Å². The Bertz CT molecular complexity index is 2720. The first kappa shape index (κ1) is 28.6. The molecule has 236 valence electrons. The summed E-state index contributed by atoms with van der Waals surface area (Å²) in [5.41, 5.74) is 8.58. The summed E-state index contributed by atoms with van der Waals surface area (Å²) in [6.45, 7) is 0. The summed E-state index contributed by atoms with van der Waals surface area (Å²) < 4.78 is 4.71. The molecule has 0 saturated carbocycles. The monoisotopic (exact) mass is 659 g/mol. The number of pyridine rings is 1. The van der Waals surface area contributed by atoms with Crippen molar-refractivity contribution in [3.05, 3.63) is 181 Å². The third-order valence-corrected chi connectivity index (χ3v) is 10.7. The fraction of sp³-hybridized carbons (Fsp3) is 0.0227. The Morgan fingerprint density at radius 1 is 0.540 bits per heavy atom. The van der Waals surface area contributed by atoms with Gasteiger partial charge in [0, 0.05) is 60.4 Å². The van der Waals surface area contributed by atoms with Crippen molar-refractivity contribution in [3.8, 4) is 16.9 Å². The maximum Gasteiger partial charge on any atom is 0.171 e. The van der Waals surface area contributed by atoms with E-state index in [1.54, 1.807) is 11.3 Å². The van der Waals surface area contributed by atoms with Gasteiger partial charge in [-0.1, -0.05) is 121 Å². The highest BCUT2D eigenvalue weighted by Crippen LogP contribution is 2.44. The first-order valence-corrected chi connectivity index (χ1v) is 17.5. The van der Waals surface area contributed by atoms with E-state index in [9.17, 15) is 0 Å². The number of hydrogen-bond acceptors (Lipinski definition) is 5. The number of thiophene rings is 1. The molecule has 0 amide bonds. The lowest BCUT2D eigenvalue weighted by Gasteiger charge is -2.23. The normalized spacial score (nSPS) is 13.5. The van der Waals surface area contributed by atoms with Crippen LogP contribution in [0.25, 0.3) is 58.9 Å². The van der Waals surface area contributed by atoms with Gasteiger partial charge >= 0.3 is 0 Å². The zero-order chi connectivity index (χ0) is 33.0. The zero-order valence-electron chi connectivity index (χ0n) is 26.9. The van der Waals surface area contributed by atoms with E-state index in [2.05, 4.69) is 131 Å². The molecular weight excluding hydrogens is 631 g/mol. The number of amidine groups is 2. The summed E-state index contributed by atoms with van der Waals surface area (Å²) in [6, 6.07) is 55.2. The van der Waals surface area contributed by atoms with Crippen LogP contribution in [0.1, 0.15) is 22.9 Å². The van der Waals surface area contributed by atoms with Crippen LogP contribution in [0.2, 0.25) is 0 Å². The summed E-state index contributed by atoms with van der Waals surface area (Å²) in [6.07, 6.45) is 1.53. The van der Waals surface area contributed by atoms with Crippen LogP contribution in [-0.2, 0) is 0 Å². The van der Waals surface area contributed by atoms with E-state index in [1.807, 2.05) is 42.6 Å². The number of nitrogens with one attached hydrogen (secondary N) is 1. The van der Waals surface area contributed by atoms with Gasteiger partial charge < -0.3 is 9.88 Å². The van der Waals surface area contributed by atoms with Crippen LogP contribution in [0.5, 0.6) is 0 Å². The van der Waals surface area contributed by atoms with Crippen LogP contribution >= 0.6 is 11.3 Å². The molecular formula is C44H29N5S. The molecule has 10 rings (SSSR count). The fourth-order valence-electron chi connectivity index (χ4n) is 7.21. The van der Waals surface area contributed by atoms with Crippen LogP contribution in [0.4, 0.5) is 0 Å². The Hall–Kier alpha value is -6.37. The fourth-order valence-corrected chi connectivity index (χ4v) is 8.45. The molecule has 1 aliphatic rings. The molecule has 1 N–H and O–H groups in total. The highest BCUT2D eigenvalue weighted by molar-refractivity contribution is 7.26. The van der Waals surface area contributed by atoms with Gasteiger partial charge in [0.05, 0.1) is 21.4 Å². The smallest absolute Gasteiger partial charge is 0.171 e. The van der Waals surface area contributed by atoms with Crippen LogP contribution in [0.15, 0.2) is 174 Å². The lowest BCUT2D eigenvalue weighted by Crippen LogP contribution is -2.36. The third-order valence-electron chi connectivity index (χ3n) is 9.50. The van der Waals surface area contributed by atoms with Crippen LogP contribution < -0.4 is 5.32 Å². The van der Waals surface area contributed by atoms with Crippen molar-refractivity contribution in [2.75, 3.05) is 0 Å². The average molecular weight is 660 g/mol. The molecule has 9 aromatic rings. The molecule has 6 heteroatoms. The predicted molar refractivity (Wildman–Crippen MR) is 209 cm³/mol. The topological polar surface area (TPSA) is 54.6 Å². The number of benzene rings is 6. The van der Waals surface area contributed by atoms with Crippen molar-refractivity contribution in [1.29, 1.82) is 0 Å². The molecule has 6 aromatic carbocycles. The van der Waals surface area contributed by atoms with E-state index >= 15 is 0 Å². The Labute approximate surface area is 292 Å². The van der Waals surface area contributed by atoms with Gasteiger partial charge in [-0.2, -0.15) is 0 Å². The minimum Gasteiger partial charge on any atom is -0.324 e. The lowest BCUT2D eigenvalue weighted by molar-refractivity contribution is 0.759. The van der Waals surface area contributed by atoms with Crippen LogP contribution in [-0.4, -0.2) is 21.2 Å². The maximum absolute atomic E-state index is 5.24. The molecule has 0 aliphatic carbocycles. The van der Waals surface area contributed by atoms with E-state index in [4.69, 9.17) is 15.0 Å². The van der Waals surface area contributed by atoms with Gasteiger partial charge in [0.1, 0.15) is 11.7 Å². The van der Waals surface area contributed by atoms with E-state index in [0.29, 0.717) is 0 Å². The van der Waals surface area contributed by atoms with Gasteiger partial charge in [-0.05, 0) is 36.4 Å². The molecule has 5 nitrogen and oxygen atoms in total. The number of hydrogen-bond donors (Lipinski definition) is 1. The minimum atomic E-state index is -0.477. The molecule has 0 spiro atoms. The summed E-state index contributed by atoms with van der Waals surface area (Å²) in [5.74, 6) is 1.59. The van der Waals surface area contributed by atoms with Gasteiger partial charge in [-0.3, -0.25) is 4.98 Å². The van der Waals surface area contributed by atoms with Gasteiger partial charge in [0.2, 0.25) is 0 Å². The summed E-state index contributed by atoms with van der Waals surface area (Å²) in [4.78, 5) is 15.7. The van der Waals surface area contributed by atoms with E-state index < -0.39 is 6.17 Å². The zero-order valence-corrected chi connectivity index (χ0v) is 27.7. The molecule has 0 atom stereocenters. The van der Waals surface area contributed by atoms with Crippen LogP contribution in [0, 0.1) is 0 Å². The summed E-state index contributed by atoms with van der Waals surface area (Å²) in [5, 5.41) is 8.30. The Balaban J connectivity index is 1.19. The maximum atomic E-state index is 5.24. The standard InChI is InChI=1S/C44H29N5S/c1-4-14-28(15-5-1)42-46-43(29-16-6-2-7-17-29)48-44(47-42)35-27-45-40(41-39(35)33-21-11-13-23-38(33)50-41)30-24-25-37-34(26-30)32-20-10-12-22-36(32)49(37)31-18-8-3-9-19-31/h1-27,44H,(H,46,47,48). The largest absolute Gasteiger partial charge is 0.324 e. The van der Waals surface area contributed by atoms with Crippen molar-refractivity contribution in [1.82, 2.24) is 14.9 Å². The molecule has 4 heterocycles. The number of para-hydroxylation sites is 2. The molecule has 50 heavy (non-hydrogen) atoms. The van der Waals surface area contributed by atoms with Gasteiger partial charge in [0.15, 0.2) is 6.17 Å². The van der Waals surface area contributed by atoms with Gasteiger partial charge in [0.25, 0.3) is 0 Å². The quantitative estimate of drug-likeness (QED) is 0.200. The molecule has 0 saturated heterocycles. The van der Waals surface area contributed by atoms with Gasteiger partial charge in [-0.15, -0.1) is 11.3 Å². The molecule has 0 bridgehead atoms. The van der Waals surface area contributed by atoms with Gasteiger partial charge in [-0.25, -0.2) is 9.98 Å². The van der Waals surface area contributed by atoms with E-state index in [0.717, 1.165) is 55.4 Å². The Morgan fingerprint density at radius 2 is 1.14 bits per heavy atom. The van der Waals surface area contributed by atoms with Crippen molar-refractivity contribution in [3.63, 3.8) is 0 Å². The van der Waals surface area contributed by atoms with Crippen molar-refractivity contribution < 1.29 is 0 Å². The summed E-state index contributed by atoms with van der Waals surface area (Å²) in [7, 11) is 0. The number of nitrogens with zero attached hydrogens (tertiary/aromatic N) is 4. The number of aliphatic imine (C=N–C) groups is 2. The van der Waals surface area contributed by atoms with E-state index in [1.165, 1.54) is 31.9 Å². The van der Waals surface area contributed by atoms with Crippen molar-refractivity contribution in [2.45, 2.75) is 6.17 Å². The first-order valence-electron chi connectivity index (χ1n) is 16.7. The Morgan fingerprint density at radius 3 is 1.86 bits per heavy atom. The highest BCUT2D eigenvalue weighted by atomic mass is 32.1. The Kier molecular flexibility index (Phi) is 6.67. The minimum absolute atomic E-state index is 0.477. The first-order chi connectivity index (χ1) is 24.8. The second-order valence-electron chi connectivity index (χ2n) is 12.5. The molecule has 3 aromatic heterocycles. The third kappa shape index (κ3) is 4.65. The lowest BCUT2D eigenvalue weighted by atomic mass is 10.0. The molecule has 0 radical (unpaired) electrons. The number of aromatic nitrogens is 2. The SMILES string of the molecule is c1ccc(C2=NC(c3cnc(-c4ccc5c(c4)c4ccccc4n5-c4ccccc4)c4sc5ccccc5c34)N=C(c3ccccc3)N2)cc1. The average Bonchev–Trinajstić information content (AvgIpc) is 3.75. The molecule has 0 fully saturated rings. The highest BCUT2D eigenvalue weighted by Gasteiger charge is 2.26.